The number of hydrogen-bond acceptors (Lipinski definition) is 3. The number of benzene rings is 1. The van der Waals surface area contributed by atoms with Gasteiger partial charge < -0.3 is 4.74 Å². The highest BCUT2D eigenvalue weighted by atomic mass is 35.5. The number of rotatable bonds is 4. The van der Waals surface area contributed by atoms with E-state index < -0.39 is 5.60 Å². The topological polar surface area (TPSA) is 39.9 Å². The lowest BCUT2D eigenvalue weighted by atomic mass is 9.92. The Kier molecular flexibility index (Phi) is 4.20. The lowest BCUT2D eigenvalue weighted by molar-refractivity contribution is 0.0332. The zero-order valence-corrected chi connectivity index (χ0v) is 14.1. The molecule has 0 saturated carbocycles. The standard InChI is InChI=1S/C18H18ClN3O/c1-13-12-15(18(2,23-3)14-8-5-4-6-9-14)22(21-13)17-11-7-10-16(19)20-17/h4-12H,1-3H3/t18-/m1/s1. The van der Waals surface area contributed by atoms with Crippen molar-refractivity contribution in [3.05, 3.63) is 76.7 Å². The second kappa shape index (κ2) is 6.14. The molecule has 0 N–H and O–H groups in total. The zero-order valence-electron chi connectivity index (χ0n) is 13.3. The molecule has 23 heavy (non-hydrogen) atoms. The first-order chi connectivity index (χ1) is 11.0. The van der Waals surface area contributed by atoms with Crippen LogP contribution in [0.2, 0.25) is 5.15 Å². The van der Waals surface area contributed by atoms with Gasteiger partial charge in [-0.3, -0.25) is 0 Å². The summed E-state index contributed by atoms with van der Waals surface area (Å²) in [6, 6.07) is 17.6. The third kappa shape index (κ3) is 2.87. The molecule has 0 aliphatic carbocycles. The molecule has 0 bridgehead atoms. The molecule has 0 spiro atoms. The van der Waals surface area contributed by atoms with Gasteiger partial charge >= 0.3 is 0 Å². The van der Waals surface area contributed by atoms with Gasteiger partial charge in [0.2, 0.25) is 0 Å². The van der Waals surface area contributed by atoms with Crippen LogP contribution in [0.3, 0.4) is 0 Å². The van der Waals surface area contributed by atoms with Crippen LogP contribution in [0.15, 0.2) is 54.6 Å². The van der Waals surface area contributed by atoms with Crippen molar-refractivity contribution in [3.8, 4) is 5.82 Å². The summed E-state index contributed by atoms with van der Waals surface area (Å²) in [7, 11) is 1.70. The number of halogens is 1. The molecule has 4 nitrogen and oxygen atoms in total. The SMILES string of the molecule is CO[C@](C)(c1ccccc1)c1cc(C)nn1-c1cccc(Cl)n1. The van der Waals surface area contributed by atoms with Gasteiger partial charge in [0, 0.05) is 7.11 Å². The van der Waals surface area contributed by atoms with Gasteiger partial charge in [-0.05, 0) is 37.6 Å². The van der Waals surface area contributed by atoms with Crippen LogP contribution in [0.5, 0.6) is 0 Å². The lowest BCUT2D eigenvalue weighted by Gasteiger charge is -2.29. The van der Waals surface area contributed by atoms with E-state index in [1.54, 1.807) is 17.9 Å². The Balaban J connectivity index is 2.20. The van der Waals surface area contributed by atoms with Crippen molar-refractivity contribution in [2.75, 3.05) is 7.11 Å². The molecule has 0 unspecified atom stereocenters. The van der Waals surface area contributed by atoms with Crippen molar-refractivity contribution < 1.29 is 4.74 Å². The highest BCUT2D eigenvalue weighted by Gasteiger charge is 2.33. The largest absolute Gasteiger partial charge is 0.367 e. The second-order valence-corrected chi connectivity index (χ2v) is 5.89. The maximum absolute atomic E-state index is 6.04. The highest BCUT2D eigenvalue weighted by Crippen LogP contribution is 2.34. The summed E-state index contributed by atoms with van der Waals surface area (Å²) in [6.45, 7) is 3.98. The molecule has 0 saturated heterocycles. The van der Waals surface area contributed by atoms with Gasteiger partial charge in [0.1, 0.15) is 10.8 Å². The Morgan fingerprint density at radius 3 is 2.48 bits per heavy atom. The molecular weight excluding hydrogens is 310 g/mol. The minimum atomic E-state index is -0.646. The average molecular weight is 328 g/mol. The van der Waals surface area contributed by atoms with E-state index >= 15 is 0 Å². The van der Waals surface area contributed by atoms with Gasteiger partial charge in [-0.25, -0.2) is 9.67 Å². The Hall–Kier alpha value is -2.17. The maximum Gasteiger partial charge on any atom is 0.155 e. The summed E-state index contributed by atoms with van der Waals surface area (Å²) >= 11 is 6.04. The zero-order chi connectivity index (χ0) is 16.4. The average Bonchev–Trinajstić information content (AvgIpc) is 2.97. The van der Waals surface area contributed by atoms with Gasteiger partial charge in [-0.2, -0.15) is 5.10 Å². The fourth-order valence-electron chi connectivity index (χ4n) is 2.66. The Morgan fingerprint density at radius 1 is 1.09 bits per heavy atom. The van der Waals surface area contributed by atoms with E-state index in [-0.39, 0.29) is 0 Å². The summed E-state index contributed by atoms with van der Waals surface area (Å²) in [6.07, 6.45) is 0. The van der Waals surface area contributed by atoms with Gasteiger partial charge in [-0.15, -0.1) is 0 Å². The normalized spacial score (nSPS) is 13.7. The predicted molar refractivity (Wildman–Crippen MR) is 91.0 cm³/mol. The molecule has 0 fully saturated rings. The lowest BCUT2D eigenvalue weighted by Crippen LogP contribution is -2.29. The fourth-order valence-corrected chi connectivity index (χ4v) is 2.82. The molecule has 1 aromatic carbocycles. The molecule has 118 valence electrons. The van der Waals surface area contributed by atoms with E-state index in [1.807, 2.05) is 62.4 Å². The minimum Gasteiger partial charge on any atom is -0.367 e. The molecule has 0 aliphatic heterocycles. The second-order valence-electron chi connectivity index (χ2n) is 5.50. The van der Waals surface area contributed by atoms with E-state index in [1.165, 1.54) is 0 Å². The summed E-state index contributed by atoms with van der Waals surface area (Å²) in [5, 5.41) is 5.01. The molecular formula is C18H18ClN3O. The smallest absolute Gasteiger partial charge is 0.155 e. The molecule has 0 amide bonds. The molecule has 5 heteroatoms. The van der Waals surface area contributed by atoms with Crippen LogP contribution < -0.4 is 0 Å². The van der Waals surface area contributed by atoms with E-state index in [0.717, 1.165) is 17.0 Å². The van der Waals surface area contributed by atoms with Crippen LogP contribution in [-0.2, 0) is 10.3 Å². The summed E-state index contributed by atoms with van der Waals surface area (Å²) in [5.41, 5.74) is 2.19. The van der Waals surface area contributed by atoms with Crippen LogP contribution in [0.1, 0.15) is 23.9 Å². The molecule has 1 atom stereocenters. The molecule has 0 radical (unpaired) electrons. The van der Waals surface area contributed by atoms with Gasteiger partial charge in [0.05, 0.1) is 11.4 Å². The summed E-state index contributed by atoms with van der Waals surface area (Å²) < 4.78 is 7.68. The first-order valence-corrected chi connectivity index (χ1v) is 7.73. The first-order valence-electron chi connectivity index (χ1n) is 7.35. The third-order valence-corrected chi connectivity index (χ3v) is 4.18. The van der Waals surface area contributed by atoms with Crippen molar-refractivity contribution >= 4 is 11.6 Å². The number of aromatic nitrogens is 3. The molecule has 3 rings (SSSR count). The molecule has 3 aromatic rings. The van der Waals surface area contributed by atoms with Crippen LogP contribution in [0, 0.1) is 6.92 Å². The third-order valence-electron chi connectivity index (χ3n) is 3.97. The van der Waals surface area contributed by atoms with Crippen LogP contribution >= 0.6 is 11.6 Å². The number of hydrogen-bond donors (Lipinski definition) is 0. The number of methoxy groups -OCH3 is 1. The van der Waals surface area contributed by atoms with Crippen molar-refractivity contribution in [2.45, 2.75) is 19.4 Å². The minimum absolute atomic E-state index is 0.431. The van der Waals surface area contributed by atoms with Gasteiger partial charge in [-0.1, -0.05) is 48.0 Å². The van der Waals surface area contributed by atoms with Crippen molar-refractivity contribution in [2.24, 2.45) is 0 Å². The van der Waals surface area contributed by atoms with Gasteiger partial charge in [0.25, 0.3) is 0 Å². The Bertz CT molecular complexity index is 816. The Labute approximate surface area is 140 Å². The first kappa shape index (κ1) is 15.7. The van der Waals surface area contributed by atoms with Crippen molar-refractivity contribution in [1.82, 2.24) is 14.8 Å². The number of pyridine rings is 1. The highest BCUT2D eigenvalue weighted by molar-refractivity contribution is 6.29. The monoisotopic (exact) mass is 327 g/mol. The van der Waals surface area contributed by atoms with Crippen LogP contribution in [-0.4, -0.2) is 21.9 Å². The molecule has 0 aliphatic rings. The Morgan fingerprint density at radius 2 is 1.83 bits per heavy atom. The quantitative estimate of drug-likeness (QED) is 0.676. The van der Waals surface area contributed by atoms with E-state index in [2.05, 4.69) is 10.1 Å². The number of nitrogens with zero attached hydrogens (tertiary/aromatic N) is 3. The van der Waals surface area contributed by atoms with Crippen LogP contribution in [0.25, 0.3) is 5.82 Å². The maximum atomic E-state index is 6.04. The number of aryl methyl sites for hydroxylation is 1. The molecule has 2 aromatic heterocycles. The number of ether oxygens (including phenoxy) is 1. The summed E-state index contributed by atoms with van der Waals surface area (Å²) in [5.74, 6) is 0.666. The fraction of sp³-hybridized carbons (Fsp3) is 0.222. The summed E-state index contributed by atoms with van der Waals surface area (Å²) in [4.78, 5) is 4.37. The van der Waals surface area contributed by atoms with E-state index in [4.69, 9.17) is 16.3 Å². The predicted octanol–water partition coefficient (Wildman–Crippen LogP) is 4.14. The van der Waals surface area contributed by atoms with E-state index in [9.17, 15) is 0 Å². The molecule has 2 heterocycles. The van der Waals surface area contributed by atoms with Crippen LogP contribution in [0.4, 0.5) is 0 Å². The van der Waals surface area contributed by atoms with Crippen molar-refractivity contribution in [3.63, 3.8) is 0 Å². The van der Waals surface area contributed by atoms with Gasteiger partial charge in [0.15, 0.2) is 5.82 Å². The van der Waals surface area contributed by atoms with E-state index in [0.29, 0.717) is 11.0 Å². The van der Waals surface area contributed by atoms with Crippen molar-refractivity contribution in [1.29, 1.82) is 0 Å².